The van der Waals surface area contributed by atoms with Gasteiger partial charge in [-0.3, -0.25) is 0 Å². The number of rotatable bonds is 4. The van der Waals surface area contributed by atoms with Crippen molar-refractivity contribution >= 4 is 16.9 Å². The molecule has 0 spiro atoms. The Morgan fingerprint density at radius 3 is 2.95 bits per heavy atom. The Morgan fingerprint density at radius 2 is 2.16 bits per heavy atom. The van der Waals surface area contributed by atoms with Crippen LogP contribution in [0, 0.1) is 6.92 Å². The van der Waals surface area contributed by atoms with E-state index in [1.165, 1.54) is 16.6 Å². The highest BCUT2D eigenvalue weighted by Crippen LogP contribution is 2.22. The van der Waals surface area contributed by atoms with Crippen molar-refractivity contribution in [1.82, 2.24) is 15.6 Å². The number of benzene rings is 1. The number of fused-ring (bicyclic) bond motifs is 1. The number of nitrogens with one attached hydrogen (secondary N) is 3. The second kappa shape index (κ2) is 4.96. The number of aromatic nitrogens is 1. The highest BCUT2D eigenvalue weighted by Gasteiger charge is 2.22. The SMILES string of the molecule is Cc1[nH]c2ccccc2c1CCNC(=O)NC1CC1. The molecular weight excluding hydrogens is 238 g/mol. The Hall–Kier alpha value is -1.97. The monoisotopic (exact) mass is 257 g/mol. The average molecular weight is 257 g/mol. The second-order valence-electron chi connectivity index (χ2n) is 5.20. The molecule has 2 amide bonds. The maximum Gasteiger partial charge on any atom is 0.315 e. The number of amides is 2. The summed E-state index contributed by atoms with van der Waals surface area (Å²) in [6.45, 7) is 2.75. The molecule has 1 heterocycles. The van der Waals surface area contributed by atoms with E-state index in [2.05, 4.69) is 34.7 Å². The van der Waals surface area contributed by atoms with Crippen molar-refractivity contribution in [2.45, 2.75) is 32.2 Å². The molecule has 1 aliphatic carbocycles. The van der Waals surface area contributed by atoms with Crippen molar-refractivity contribution in [2.75, 3.05) is 6.54 Å². The van der Waals surface area contributed by atoms with Crippen LogP contribution in [0.3, 0.4) is 0 Å². The molecule has 1 aromatic carbocycles. The summed E-state index contributed by atoms with van der Waals surface area (Å²) in [6.07, 6.45) is 3.10. The van der Waals surface area contributed by atoms with Crippen LogP contribution in [0.5, 0.6) is 0 Å². The number of urea groups is 1. The van der Waals surface area contributed by atoms with Crippen molar-refractivity contribution in [2.24, 2.45) is 0 Å². The van der Waals surface area contributed by atoms with Crippen LogP contribution >= 0.6 is 0 Å². The number of carbonyl (C=O) groups excluding carboxylic acids is 1. The Morgan fingerprint density at radius 1 is 1.37 bits per heavy atom. The highest BCUT2D eigenvalue weighted by molar-refractivity contribution is 5.84. The standard InChI is InChI=1S/C15H19N3O/c1-10-12(13-4-2-3-5-14(13)17-10)8-9-16-15(19)18-11-6-7-11/h2-5,11,17H,6-9H2,1H3,(H2,16,18,19). The van der Waals surface area contributed by atoms with E-state index in [1.54, 1.807) is 0 Å². The molecule has 1 saturated carbocycles. The van der Waals surface area contributed by atoms with Gasteiger partial charge in [-0.25, -0.2) is 4.79 Å². The topological polar surface area (TPSA) is 56.9 Å². The Kier molecular flexibility index (Phi) is 3.15. The first-order chi connectivity index (χ1) is 9.24. The molecule has 3 rings (SSSR count). The molecule has 2 aromatic rings. The number of hydrogen-bond donors (Lipinski definition) is 3. The van der Waals surface area contributed by atoms with Crippen LogP contribution in [0.15, 0.2) is 24.3 Å². The van der Waals surface area contributed by atoms with Gasteiger partial charge in [0.15, 0.2) is 0 Å². The summed E-state index contributed by atoms with van der Waals surface area (Å²) in [7, 11) is 0. The van der Waals surface area contributed by atoms with Gasteiger partial charge in [0.25, 0.3) is 0 Å². The summed E-state index contributed by atoms with van der Waals surface area (Å²) < 4.78 is 0. The molecule has 0 saturated heterocycles. The summed E-state index contributed by atoms with van der Waals surface area (Å²) in [5.74, 6) is 0. The smallest absolute Gasteiger partial charge is 0.315 e. The van der Waals surface area contributed by atoms with Crippen molar-refractivity contribution < 1.29 is 4.79 Å². The first kappa shape index (κ1) is 12.1. The van der Waals surface area contributed by atoms with Gasteiger partial charge in [0.05, 0.1) is 0 Å². The van der Waals surface area contributed by atoms with Crippen LogP contribution in [-0.2, 0) is 6.42 Å². The van der Waals surface area contributed by atoms with Crippen molar-refractivity contribution in [3.8, 4) is 0 Å². The molecule has 0 aliphatic heterocycles. The predicted octanol–water partition coefficient (Wildman–Crippen LogP) is 2.48. The lowest BCUT2D eigenvalue weighted by molar-refractivity contribution is 0.240. The van der Waals surface area contributed by atoms with Crippen molar-refractivity contribution in [1.29, 1.82) is 0 Å². The zero-order chi connectivity index (χ0) is 13.2. The molecule has 0 radical (unpaired) electrons. The van der Waals surface area contributed by atoms with E-state index in [1.807, 2.05) is 12.1 Å². The van der Waals surface area contributed by atoms with Gasteiger partial charge in [0, 0.05) is 29.2 Å². The minimum Gasteiger partial charge on any atom is -0.358 e. The van der Waals surface area contributed by atoms with E-state index in [0.29, 0.717) is 12.6 Å². The van der Waals surface area contributed by atoms with E-state index in [-0.39, 0.29) is 6.03 Å². The third-order valence-electron chi connectivity index (χ3n) is 3.60. The molecule has 4 nitrogen and oxygen atoms in total. The van der Waals surface area contributed by atoms with Gasteiger partial charge in [-0.1, -0.05) is 18.2 Å². The summed E-state index contributed by atoms with van der Waals surface area (Å²) in [5, 5.41) is 7.10. The van der Waals surface area contributed by atoms with Gasteiger partial charge >= 0.3 is 6.03 Å². The maximum atomic E-state index is 11.5. The minimum atomic E-state index is -0.0417. The predicted molar refractivity (Wildman–Crippen MR) is 76.3 cm³/mol. The largest absolute Gasteiger partial charge is 0.358 e. The average Bonchev–Trinajstić information content (AvgIpc) is 3.14. The lowest BCUT2D eigenvalue weighted by Crippen LogP contribution is -2.37. The first-order valence-electron chi connectivity index (χ1n) is 6.84. The number of aryl methyl sites for hydroxylation is 1. The summed E-state index contributed by atoms with van der Waals surface area (Å²) in [4.78, 5) is 14.9. The van der Waals surface area contributed by atoms with E-state index < -0.39 is 0 Å². The van der Waals surface area contributed by atoms with Gasteiger partial charge in [-0.05, 0) is 37.8 Å². The van der Waals surface area contributed by atoms with Crippen LogP contribution in [0.1, 0.15) is 24.1 Å². The molecule has 1 aromatic heterocycles. The lowest BCUT2D eigenvalue weighted by Gasteiger charge is -2.06. The number of aromatic amines is 1. The summed E-state index contributed by atoms with van der Waals surface area (Å²) in [5.41, 5.74) is 3.64. The van der Waals surface area contributed by atoms with Crippen LogP contribution in [0.4, 0.5) is 4.79 Å². The Balaban J connectivity index is 1.61. The zero-order valence-electron chi connectivity index (χ0n) is 11.1. The molecule has 0 bridgehead atoms. The van der Waals surface area contributed by atoms with Gasteiger partial charge in [-0.2, -0.15) is 0 Å². The van der Waals surface area contributed by atoms with E-state index >= 15 is 0 Å². The summed E-state index contributed by atoms with van der Waals surface area (Å²) >= 11 is 0. The molecule has 1 aliphatic rings. The zero-order valence-corrected chi connectivity index (χ0v) is 11.1. The van der Waals surface area contributed by atoms with Crippen molar-refractivity contribution in [3.63, 3.8) is 0 Å². The van der Waals surface area contributed by atoms with Gasteiger partial charge < -0.3 is 15.6 Å². The molecule has 19 heavy (non-hydrogen) atoms. The fraction of sp³-hybridized carbons (Fsp3) is 0.400. The number of para-hydroxylation sites is 1. The van der Waals surface area contributed by atoms with E-state index in [9.17, 15) is 4.79 Å². The van der Waals surface area contributed by atoms with Crippen LogP contribution < -0.4 is 10.6 Å². The highest BCUT2D eigenvalue weighted by atomic mass is 16.2. The van der Waals surface area contributed by atoms with Crippen LogP contribution in [0.25, 0.3) is 10.9 Å². The Labute approximate surface area is 112 Å². The molecule has 4 heteroatoms. The fourth-order valence-corrected chi connectivity index (χ4v) is 2.42. The minimum absolute atomic E-state index is 0.0417. The molecule has 3 N–H and O–H groups in total. The molecule has 0 atom stereocenters. The van der Waals surface area contributed by atoms with Crippen LogP contribution in [-0.4, -0.2) is 23.6 Å². The maximum absolute atomic E-state index is 11.5. The van der Waals surface area contributed by atoms with E-state index in [4.69, 9.17) is 0 Å². The Bertz CT molecular complexity index is 598. The second-order valence-corrected chi connectivity index (χ2v) is 5.20. The third-order valence-corrected chi connectivity index (χ3v) is 3.60. The molecule has 0 unspecified atom stereocenters. The number of carbonyl (C=O) groups is 1. The lowest BCUT2D eigenvalue weighted by atomic mass is 10.1. The number of hydrogen-bond acceptors (Lipinski definition) is 1. The normalized spacial score (nSPS) is 14.6. The van der Waals surface area contributed by atoms with Gasteiger partial charge in [0.1, 0.15) is 0 Å². The van der Waals surface area contributed by atoms with Crippen LogP contribution in [0.2, 0.25) is 0 Å². The van der Waals surface area contributed by atoms with Gasteiger partial charge in [0.2, 0.25) is 0 Å². The van der Waals surface area contributed by atoms with Crippen molar-refractivity contribution in [3.05, 3.63) is 35.5 Å². The van der Waals surface area contributed by atoms with Gasteiger partial charge in [-0.15, -0.1) is 0 Å². The fourth-order valence-electron chi connectivity index (χ4n) is 2.42. The van der Waals surface area contributed by atoms with E-state index in [0.717, 1.165) is 24.8 Å². The third kappa shape index (κ3) is 2.72. The number of H-pyrrole nitrogens is 1. The molecule has 100 valence electrons. The molecule has 1 fully saturated rings. The first-order valence-corrected chi connectivity index (χ1v) is 6.84. The summed E-state index contributed by atoms with van der Waals surface area (Å²) in [6, 6.07) is 8.66. The quantitative estimate of drug-likeness (QED) is 0.774. The molecular formula is C15H19N3O.